The van der Waals surface area contributed by atoms with Crippen LogP contribution in [-0.4, -0.2) is 0 Å². The van der Waals surface area contributed by atoms with Gasteiger partial charge in [-0.1, -0.05) is 18.2 Å². The second kappa shape index (κ2) is 2.67. The lowest BCUT2D eigenvalue weighted by Gasteiger charge is -1.95. The quantitative estimate of drug-likeness (QED) is 0.593. The van der Waals surface area contributed by atoms with Crippen LogP contribution in [0.2, 0.25) is 0 Å². The number of hydrogen-bond donors (Lipinski definition) is 0. The first kappa shape index (κ1) is 6.86. The first-order chi connectivity index (χ1) is 5.38. The van der Waals surface area contributed by atoms with Crippen molar-refractivity contribution in [2.24, 2.45) is 0 Å². The third-order valence-electron chi connectivity index (χ3n) is 1.90. The van der Waals surface area contributed by atoms with Crippen LogP contribution in [0.3, 0.4) is 0 Å². The maximum absolute atomic E-state index is 2.28. The fourth-order valence-corrected chi connectivity index (χ4v) is 2.24. The second-order valence-corrected chi connectivity index (χ2v) is 3.65. The number of allylic oxidation sites excluding steroid dienone is 4. The molecule has 0 saturated carbocycles. The fraction of sp³-hybridized carbons (Fsp3) is 0.200. The normalized spacial score (nSPS) is 15.5. The number of thiophene rings is 1. The number of aryl methyl sites for hydroxylation is 1. The van der Waals surface area contributed by atoms with Crippen LogP contribution in [0.25, 0.3) is 5.57 Å². The highest BCUT2D eigenvalue weighted by Gasteiger charge is 2.04. The van der Waals surface area contributed by atoms with Gasteiger partial charge in [-0.15, -0.1) is 11.3 Å². The molecule has 0 fully saturated rings. The van der Waals surface area contributed by atoms with Gasteiger partial charge in [-0.25, -0.2) is 0 Å². The summed E-state index contributed by atoms with van der Waals surface area (Å²) in [6, 6.07) is 2.17. The van der Waals surface area contributed by atoms with Gasteiger partial charge >= 0.3 is 0 Å². The van der Waals surface area contributed by atoms with Crippen molar-refractivity contribution in [1.82, 2.24) is 0 Å². The van der Waals surface area contributed by atoms with Crippen molar-refractivity contribution in [1.29, 1.82) is 0 Å². The van der Waals surface area contributed by atoms with Gasteiger partial charge in [0.05, 0.1) is 0 Å². The summed E-state index contributed by atoms with van der Waals surface area (Å²) in [7, 11) is 0. The molecule has 2 rings (SSSR count). The van der Waals surface area contributed by atoms with E-state index in [9.17, 15) is 0 Å². The lowest BCUT2D eigenvalue weighted by Crippen LogP contribution is -1.74. The zero-order valence-corrected chi connectivity index (χ0v) is 7.32. The molecule has 1 aromatic rings. The molecule has 0 amide bonds. The van der Waals surface area contributed by atoms with Gasteiger partial charge in [-0.3, -0.25) is 0 Å². The topological polar surface area (TPSA) is 0 Å². The van der Waals surface area contributed by atoms with Gasteiger partial charge in [0.1, 0.15) is 0 Å². The third kappa shape index (κ3) is 1.16. The van der Waals surface area contributed by atoms with Gasteiger partial charge in [0, 0.05) is 4.88 Å². The van der Waals surface area contributed by atoms with Gasteiger partial charge in [0.15, 0.2) is 0 Å². The molecule has 1 heteroatoms. The van der Waals surface area contributed by atoms with Crippen molar-refractivity contribution in [3.63, 3.8) is 0 Å². The van der Waals surface area contributed by atoms with Gasteiger partial charge < -0.3 is 0 Å². The molecule has 0 aliphatic heterocycles. The summed E-state index contributed by atoms with van der Waals surface area (Å²) < 4.78 is 0. The van der Waals surface area contributed by atoms with Gasteiger partial charge in [0.25, 0.3) is 0 Å². The first-order valence-corrected chi connectivity index (χ1v) is 4.67. The summed E-state index contributed by atoms with van der Waals surface area (Å²) in [6.45, 7) is 2.17. The molecular weight excluding hydrogens is 152 g/mol. The second-order valence-electron chi connectivity index (χ2n) is 2.73. The summed E-state index contributed by atoms with van der Waals surface area (Å²) in [6.07, 6.45) is 7.79. The van der Waals surface area contributed by atoms with Crippen LogP contribution in [0.15, 0.2) is 29.7 Å². The fourth-order valence-electron chi connectivity index (χ4n) is 1.29. The van der Waals surface area contributed by atoms with E-state index in [-0.39, 0.29) is 0 Å². The zero-order valence-electron chi connectivity index (χ0n) is 6.50. The molecule has 0 nitrogen and oxygen atoms in total. The van der Waals surface area contributed by atoms with E-state index in [0.717, 1.165) is 6.42 Å². The van der Waals surface area contributed by atoms with Gasteiger partial charge in [-0.2, -0.15) is 0 Å². The van der Waals surface area contributed by atoms with Crippen LogP contribution in [0, 0.1) is 6.92 Å². The highest BCUT2D eigenvalue weighted by atomic mass is 32.1. The van der Waals surface area contributed by atoms with Gasteiger partial charge in [-0.05, 0) is 35.9 Å². The molecule has 0 N–H and O–H groups in total. The predicted octanol–water partition coefficient (Wildman–Crippen LogP) is 3.40. The van der Waals surface area contributed by atoms with Crippen LogP contribution in [0.4, 0.5) is 0 Å². The maximum Gasteiger partial charge on any atom is 0.0368 e. The van der Waals surface area contributed by atoms with Gasteiger partial charge in [0.2, 0.25) is 0 Å². The predicted molar refractivity (Wildman–Crippen MR) is 50.8 cm³/mol. The van der Waals surface area contributed by atoms with Crippen LogP contribution in [0.1, 0.15) is 16.9 Å². The van der Waals surface area contributed by atoms with Crippen LogP contribution < -0.4 is 0 Å². The minimum atomic E-state index is 1.10. The Morgan fingerprint density at radius 2 is 2.36 bits per heavy atom. The third-order valence-corrected chi connectivity index (χ3v) is 2.96. The van der Waals surface area contributed by atoms with E-state index in [1.807, 2.05) is 11.3 Å². The summed E-state index contributed by atoms with van der Waals surface area (Å²) >= 11 is 1.83. The molecule has 1 heterocycles. The molecule has 0 unspecified atom stereocenters. The molecule has 0 spiro atoms. The Bertz CT molecular complexity index is 315. The largest absolute Gasteiger partial charge is 0.144 e. The standard InChI is InChI=1S/C10H10S/c1-8-6-7-11-10(8)9-4-2-3-5-9/h2,4-7H,3H2,1H3. The van der Waals surface area contributed by atoms with E-state index < -0.39 is 0 Å². The Kier molecular flexibility index (Phi) is 1.66. The summed E-state index contributed by atoms with van der Waals surface area (Å²) in [5.74, 6) is 0. The highest BCUT2D eigenvalue weighted by molar-refractivity contribution is 7.11. The van der Waals surface area contributed by atoms with Crippen LogP contribution in [0.5, 0.6) is 0 Å². The smallest absolute Gasteiger partial charge is 0.0368 e. The minimum absolute atomic E-state index is 1.10. The molecule has 0 atom stereocenters. The van der Waals surface area contributed by atoms with Crippen molar-refractivity contribution in [3.05, 3.63) is 40.1 Å². The van der Waals surface area contributed by atoms with Crippen molar-refractivity contribution in [2.75, 3.05) is 0 Å². The van der Waals surface area contributed by atoms with E-state index in [1.165, 1.54) is 16.0 Å². The number of rotatable bonds is 1. The average Bonchev–Trinajstić information content (AvgIpc) is 2.55. The molecule has 1 aliphatic rings. The summed E-state index contributed by atoms with van der Waals surface area (Å²) in [5.41, 5.74) is 2.80. The zero-order chi connectivity index (χ0) is 7.68. The van der Waals surface area contributed by atoms with E-state index in [0.29, 0.717) is 0 Å². The number of hydrogen-bond acceptors (Lipinski definition) is 1. The van der Waals surface area contributed by atoms with E-state index in [4.69, 9.17) is 0 Å². The molecule has 0 bridgehead atoms. The Morgan fingerprint density at radius 3 is 2.91 bits per heavy atom. The summed E-state index contributed by atoms with van der Waals surface area (Å²) in [4.78, 5) is 1.43. The lowest BCUT2D eigenvalue weighted by molar-refractivity contribution is 1.45. The van der Waals surface area contributed by atoms with Crippen molar-refractivity contribution in [3.8, 4) is 0 Å². The first-order valence-electron chi connectivity index (χ1n) is 3.79. The van der Waals surface area contributed by atoms with Crippen molar-refractivity contribution < 1.29 is 0 Å². The minimum Gasteiger partial charge on any atom is -0.144 e. The van der Waals surface area contributed by atoms with E-state index in [2.05, 4.69) is 36.6 Å². The molecule has 1 aliphatic carbocycles. The lowest BCUT2D eigenvalue weighted by atomic mass is 10.2. The SMILES string of the molecule is Cc1ccsc1C1=CCC=C1. The Morgan fingerprint density at radius 1 is 1.45 bits per heavy atom. The molecule has 0 aromatic carbocycles. The van der Waals surface area contributed by atoms with Crippen molar-refractivity contribution in [2.45, 2.75) is 13.3 Å². The molecule has 1 aromatic heterocycles. The molecule has 0 radical (unpaired) electrons. The highest BCUT2D eigenvalue weighted by Crippen LogP contribution is 2.28. The van der Waals surface area contributed by atoms with E-state index >= 15 is 0 Å². The maximum atomic E-state index is 2.28. The molecule has 11 heavy (non-hydrogen) atoms. The molecule has 56 valence electrons. The monoisotopic (exact) mass is 162 g/mol. The van der Waals surface area contributed by atoms with Crippen molar-refractivity contribution >= 4 is 16.9 Å². The van der Waals surface area contributed by atoms with E-state index in [1.54, 1.807) is 0 Å². The Balaban J connectivity index is 2.43. The average molecular weight is 162 g/mol. The summed E-state index contributed by atoms with van der Waals surface area (Å²) in [5, 5.41) is 2.15. The van der Waals surface area contributed by atoms with Crippen LogP contribution >= 0.6 is 11.3 Å². The molecule has 0 saturated heterocycles. The Labute approximate surface area is 70.9 Å². The Hall–Kier alpha value is -0.820. The van der Waals surface area contributed by atoms with Crippen LogP contribution in [-0.2, 0) is 0 Å². The molecular formula is C10H10S.